The number of carbonyl (C=O) groups excluding carboxylic acids is 1. The molecule has 0 aromatic heterocycles. The number of nitrogens with one attached hydrogen (secondary N) is 2. The van der Waals surface area contributed by atoms with Gasteiger partial charge in [0, 0.05) is 12.2 Å². The van der Waals surface area contributed by atoms with Gasteiger partial charge in [0.15, 0.2) is 0 Å². The molecule has 0 bridgehead atoms. The van der Waals surface area contributed by atoms with E-state index in [4.69, 9.17) is 0 Å². The van der Waals surface area contributed by atoms with Crippen molar-refractivity contribution < 1.29 is 4.79 Å². The Morgan fingerprint density at radius 3 is 2.80 bits per heavy atom. The predicted molar refractivity (Wildman–Crippen MR) is 64.2 cm³/mol. The second-order valence-corrected chi connectivity index (χ2v) is 3.60. The quantitative estimate of drug-likeness (QED) is 0.452. The third kappa shape index (κ3) is 7.79. The molecular formula is C12H22N2O. The zero-order valence-corrected chi connectivity index (χ0v) is 9.75. The van der Waals surface area contributed by atoms with Crippen molar-refractivity contribution in [3.63, 3.8) is 0 Å². The molecule has 0 aliphatic carbocycles. The lowest BCUT2D eigenvalue weighted by Gasteiger charge is -2.10. The van der Waals surface area contributed by atoms with E-state index >= 15 is 0 Å². The third-order valence-corrected chi connectivity index (χ3v) is 2.27. The number of amides is 1. The fraction of sp³-hybridized carbons (Fsp3) is 0.583. The minimum Gasteiger partial charge on any atom is -0.366 e. The Balaban J connectivity index is 3.97. The molecule has 3 nitrogen and oxygen atoms in total. The van der Waals surface area contributed by atoms with Gasteiger partial charge in [0.2, 0.25) is 6.41 Å². The van der Waals surface area contributed by atoms with Crippen LogP contribution in [0.4, 0.5) is 0 Å². The Morgan fingerprint density at radius 2 is 2.27 bits per heavy atom. The van der Waals surface area contributed by atoms with Gasteiger partial charge < -0.3 is 10.6 Å². The van der Waals surface area contributed by atoms with E-state index in [9.17, 15) is 4.79 Å². The van der Waals surface area contributed by atoms with Crippen molar-refractivity contribution in [3.8, 4) is 0 Å². The van der Waals surface area contributed by atoms with Crippen molar-refractivity contribution in [2.45, 2.75) is 33.1 Å². The van der Waals surface area contributed by atoms with Crippen molar-refractivity contribution in [2.75, 3.05) is 6.54 Å². The van der Waals surface area contributed by atoms with Crippen molar-refractivity contribution in [1.29, 1.82) is 0 Å². The van der Waals surface area contributed by atoms with Crippen LogP contribution in [-0.4, -0.2) is 13.0 Å². The maximum absolute atomic E-state index is 10.0. The highest BCUT2D eigenvalue weighted by Gasteiger charge is 1.99. The molecule has 3 heteroatoms. The Hall–Kier alpha value is -1.25. The predicted octanol–water partition coefficient (Wildman–Crippen LogP) is 2.18. The molecule has 0 aliphatic heterocycles. The van der Waals surface area contributed by atoms with Gasteiger partial charge in [-0.2, -0.15) is 0 Å². The van der Waals surface area contributed by atoms with E-state index in [0.717, 1.165) is 32.2 Å². The summed E-state index contributed by atoms with van der Waals surface area (Å²) in [6, 6.07) is 0. The maximum atomic E-state index is 10.0. The van der Waals surface area contributed by atoms with Crippen LogP contribution in [0.5, 0.6) is 0 Å². The second-order valence-electron chi connectivity index (χ2n) is 3.60. The standard InChI is InChI=1S/C12H22N2O/c1-4-11(3)9-12(14-5-2)7-6-8-13-10-15/h5,9-11,14H,2,4,6-8H2,1,3H3,(H,13,15)/b12-9-. The first-order valence-electron chi connectivity index (χ1n) is 5.49. The van der Waals surface area contributed by atoms with Crippen LogP contribution in [0, 0.1) is 5.92 Å². The van der Waals surface area contributed by atoms with E-state index in [1.54, 1.807) is 6.20 Å². The summed E-state index contributed by atoms with van der Waals surface area (Å²) in [6.45, 7) is 8.73. The van der Waals surface area contributed by atoms with Crippen LogP contribution in [0.2, 0.25) is 0 Å². The molecule has 0 heterocycles. The largest absolute Gasteiger partial charge is 0.366 e. The first kappa shape index (κ1) is 13.8. The average Bonchev–Trinajstić information content (AvgIpc) is 2.24. The summed E-state index contributed by atoms with van der Waals surface area (Å²) in [4.78, 5) is 10.0. The summed E-state index contributed by atoms with van der Waals surface area (Å²) < 4.78 is 0. The fourth-order valence-electron chi connectivity index (χ4n) is 1.24. The van der Waals surface area contributed by atoms with Gasteiger partial charge in [0.1, 0.15) is 0 Å². The minimum absolute atomic E-state index is 0.575. The third-order valence-electron chi connectivity index (χ3n) is 2.27. The summed E-state index contributed by atoms with van der Waals surface area (Å²) in [5, 5.41) is 5.79. The smallest absolute Gasteiger partial charge is 0.207 e. The molecule has 86 valence electrons. The van der Waals surface area contributed by atoms with Gasteiger partial charge >= 0.3 is 0 Å². The van der Waals surface area contributed by atoms with Gasteiger partial charge in [-0.3, -0.25) is 4.79 Å². The Morgan fingerprint density at radius 1 is 1.53 bits per heavy atom. The maximum Gasteiger partial charge on any atom is 0.207 e. The molecule has 0 aromatic rings. The van der Waals surface area contributed by atoms with E-state index in [0.29, 0.717) is 5.92 Å². The van der Waals surface area contributed by atoms with Crippen molar-refractivity contribution in [2.24, 2.45) is 5.92 Å². The Labute approximate surface area is 92.6 Å². The van der Waals surface area contributed by atoms with Crippen LogP contribution in [0.25, 0.3) is 0 Å². The first-order valence-corrected chi connectivity index (χ1v) is 5.49. The fourth-order valence-corrected chi connectivity index (χ4v) is 1.24. The van der Waals surface area contributed by atoms with E-state index in [1.807, 2.05) is 0 Å². The monoisotopic (exact) mass is 210 g/mol. The summed E-state index contributed by atoms with van der Waals surface area (Å²) >= 11 is 0. The second kappa shape index (κ2) is 9.31. The normalized spacial score (nSPS) is 13.1. The van der Waals surface area contributed by atoms with Gasteiger partial charge in [0.05, 0.1) is 0 Å². The molecule has 0 saturated carbocycles. The lowest BCUT2D eigenvalue weighted by atomic mass is 10.1. The van der Waals surface area contributed by atoms with Crippen LogP contribution < -0.4 is 10.6 Å². The number of carbonyl (C=O) groups is 1. The molecule has 0 spiro atoms. The summed E-state index contributed by atoms with van der Waals surface area (Å²) in [7, 11) is 0. The lowest BCUT2D eigenvalue weighted by Crippen LogP contribution is -2.14. The summed E-state index contributed by atoms with van der Waals surface area (Å²) in [5.41, 5.74) is 1.19. The van der Waals surface area contributed by atoms with Crippen molar-refractivity contribution in [3.05, 3.63) is 24.6 Å². The summed E-state index contributed by atoms with van der Waals surface area (Å²) in [6.07, 6.45) is 7.68. The molecule has 0 radical (unpaired) electrons. The zero-order chi connectivity index (χ0) is 11.5. The average molecular weight is 210 g/mol. The molecule has 0 saturated heterocycles. The van der Waals surface area contributed by atoms with E-state index in [2.05, 4.69) is 37.1 Å². The van der Waals surface area contributed by atoms with Crippen LogP contribution in [0.3, 0.4) is 0 Å². The minimum atomic E-state index is 0.575. The first-order chi connectivity index (χ1) is 7.24. The van der Waals surface area contributed by atoms with Crippen LogP contribution in [0.1, 0.15) is 33.1 Å². The van der Waals surface area contributed by atoms with Gasteiger partial charge in [0.25, 0.3) is 0 Å². The molecule has 1 atom stereocenters. The SMILES string of the molecule is C=CN/C(=C\C(C)CC)CCCNC=O. The molecule has 1 unspecified atom stereocenters. The molecule has 0 aliphatic rings. The van der Waals surface area contributed by atoms with Crippen LogP contribution >= 0.6 is 0 Å². The molecular weight excluding hydrogens is 188 g/mol. The summed E-state index contributed by atoms with van der Waals surface area (Å²) in [5.74, 6) is 0.575. The van der Waals surface area contributed by atoms with Crippen molar-refractivity contribution in [1.82, 2.24) is 10.6 Å². The highest BCUT2D eigenvalue weighted by Crippen LogP contribution is 2.09. The lowest BCUT2D eigenvalue weighted by molar-refractivity contribution is -0.109. The van der Waals surface area contributed by atoms with Gasteiger partial charge in [-0.25, -0.2) is 0 Å². The molecule has 0 fully saturated rings. The number of rotatable bonds is 9. The van der Waals surface area contributed by atoms with Crippen molar-refractivity contribution >= 4 is 6.41 Å². The number of hydrogen-bond donors (Lipinski definition) is 2. The molecule has 2 N–H and O–H groups in total. The molecule has 15 heavy (non-hydrogen) atoms. The van der Waals surface area contributed by atoms with Crippen LogP contribution in [-0.2, 0) is 4.79 Å². The van der Waals surface area contributed by atoms with Gasteiger partial charge in [-0.15, -0.1) is 0 Å². The Kier molecular flexibility index (Phi) is 8.53. The van der Waals surface area contributed by atoms with Crippen LogP contribution in [0.15, 0.2) is 24.6 Å². The zero-order valence-electron chi connectivity index (χ0n) is 9.75. The van der Waals surface area contributed by atoms with E-state index in [1.165, 1.54) is 5.70 Å². The highest BCUT2D eigenvalue weighted by atomic mass is 16.1. The van der Waals surface area contributed by atoms with Gasteiger partial charge in [-0.05, 0) is 25.0 Å². The van der Waals surface area contributed by atoms with Gasteiger partial charge in [-0.1, -0.05) is 32.9 Å². The van der Waals surface area contributed by atoms with E-state index < -0.39 is 0 Å². The molecule has 0 rings (SSSR count). The molecule has 1 amide bonds. The molecule has 0 aromatic carbocycles. The topological polar surface area (TPSA) is 41.1 Å². The number of allylic oxidation sites excluding steroid dienone is 2. The Bertz CT molecular complexity index is 212. The van der Waals surface area contributed by atoms with E-state index in [-0.39, 0.29) is 0 Å². The number of hydrogen-bond acceptors (Lipinski definition) is 2. The highest BCUT2D eigenvalue weighted by molar-refractivity contribution is 5.45.